The molecule has 0 saturated heterocycles. The van der Waals surface area contributed by atoms with Crippen molar-refractivity contribution < 1.29 is 24.8 Å². The van der Waals surface area contributed by atoms with Crippen LogP contribution in [0, 0.1) is 0 Å². The van der Waals surface area contributed by atoms with Gasteiger partial charge in [-0.05, 0) is 12.1 Å². The van der Waals surface area contributed by atoms with E-state index in [0.717, 1.165) is 0 Å². The smallest absolute Gasteiger partial charge is 0.339 e. The third kappa shape index (κ3) is 2.72. The first-order valence-electron chi connectivity index (χ1n) is 3.98. The molecule has 0 saturated carbocycles. The number of carboxylic acid groups (broad SMARTS) is 1. The summed E-state index contributed by atoms with van der Waals surface area (Å²) in [7, 11) is 0. The van der Waals surface area contributed by atoms with E-state index in [1.807, 2.05) is 0 Å². The van der Waals surface area contributed by atoms with Gasteiger partial charge in [-0.25, -0.2) is 4.79 Å². The molecule has 0 fully saturated rings. The number of hydrogen-bond donors (Lipinski definition) is 2. The van der Waals surface area contributed by atoms with Gasteiger partial charge in [0, 0.05) is 0 Å². The number of rotatable bonds is 5. The zero-order valence-electron chi connectivity index (χ0n) is 7.34. The standard InChI is InChI=1S/C9H10O5/c10-5-6-13-14-8-4-2-1-3-7(8)9(11)12/h1-4,10H,5-6H2,(H,11,12). The maximum atomic E-state index is 10.7. The largest absolute Gasteiger partial charge is 0.478 e. The maximum Gasteiger partial charge on any atom is 0.339 e. The number of aromatic carboxylic acids is 1. The molecule has 5 heteroatoms. The molecule has 0 heterocycles. The van der Waals surface area contributed by atoms with Gasteiger partial charge < -0.3 is 15.1 Å². The summed E-state index contributed by atoms with van der Waals surface area (Å²) < 4.78 is 0. The molecule has 0 radical (unpaired) electrons. The minimum Gasteiger partial charge on any atom is -0.478 e. The molecule has 76 valence electrons. The number of benzene rings is 1. The first kappa shape index (κ1) is 10.5. The van der Waals surface area contributed by atoms with E-state index in [4.69, 9.17) is 15.1 Å². The molecule has 0 bridgehead atoms. The van der Waals surface area contributed by atoms with Gasteiger partial charge in [-0.2, -0.15) is 4.89 Å². The minimum atomic E-state index is -1.09. The Balaban J connectivity index is 2.69. The molecule has 2 N–H and O–H groups in total. The molecule has 0 aliphatic carbocycles. The monoisotopic (exact) mass is 198 g/mol. The number of aliphatic hydroxyl groups is 1. The molecule has 5 nitrogen and oxygen atoms in total. The first-order valence-corrected chi connectivity index (χ1v) is 3.98. The molecule has 1 aromatic rings. The molecule has 0 atom stereocenters. The second-order valence-corrected chi connectivity index (χ2v) is 2.43. The van der Waals surface area contributed by atoms with Crippen molar-refractivity contribution in [3.05, 3.63) is 29.8 Å². The maximum absolute atomic E-state index is 10.7. The van der Waals surface area contributed by atoms with Crippen LogP contribution in [-0.4, -0.2) is 29.4 Å². The Labute approximate surface area is 80.4 Å². The number of hydrogen-bond acceptors (Lipinski definition) is 4. The highest BCUT2D eigenvalue weighted by Gasteiger charge is 2.10. The van der Waals surface area contributed by atoms with Gasteiger partial charge in [0.25, 0.3) is 0 Å². The van der Waals surface area contributed by atoms with Gasteiger partial charge in [0.2, 0.25) is 0 Å². The normalized spacial score (nSPS) is 9.79. The number of carbonyl (C=O) groups is 1. The molecule has 1 rings (SSSR count). The van der Waals surface area contributed by atoms with Crippen molar-refractivity contribution in [1.29, 1.82) is 0 Å². The lowest BCUT2D eigenvalue weighted by molar-refractivity contribution is -0.212. The highest BCUT2D eigenvalue weighted by molar-refractivity contribution is 5.90. The first-order chi connectivity index (χ1) is 6.75. The summed E-state index contributed by atoms with van der Waals surface area (Å²) in [6, 6.07) is 6.09. The summed E-state index contributed by atoms with van der Waals surface area (Å²) in [6.45, 7) is -0.191. The van der Waals surface area contributed by atoms with E-state index in [1.165, 1.54) is 12.1 Å². The summed E-state index contributed by atoms with van der Waals surface area (Å²) in [5.41, 5.74) is 0.0189. The van der Waals surface area contributed by atoms with Crippen LogP contribution in [-0.2, 0) is 4.89 Å². The molecule has 0 aromatic heterocycles. The van der Waals surface area contributed by atoms with E-state index in [-0.39, 0.29) is 24.5 Å². The summed E-state index contributed by atoms with van der Waals surface area (Å²) in [5, 5.41) is 17.1. The topological polar surface area (TPSA) is 76.0 Å². The predicted molar refractivity (Wildman–Crippen MR) is 47.1 cm³/mol. The van der Waals surface area contributed by atoms with Crippen LogP contribution in [0.1, 0.15) is 10.4 Å². The molecular formula is C9H10O5. The number of para-hydroxylation sites is 1. The van der Waals surface area contributed by atoms with Crippen LogP contribution in [0.25, 0.3) is 0 Å². The van der Waals surface area contributed by atoms with Crippen LogP contribution in [0.3, 0.4) is 0 Å². The van der Waals surface area contributed by atoms with Crippen LogP contribution in [0.5, 0.6) is 5.75 Å². The van der Waals surface area contributed by atoms with E-state index in [1.54, 1.807) is 12.1 Å². The van der Waals surface area contributed by atoms with Crippen LogP contribution in [0.2, 0.25) is 0 Å². The molecule has 0 aliphatic rings. The minimum absolute atomic E-state index is 0.00600. The van der Waals surface area contributed by atoms with Gasteiger partial charge in [-0.1, -0.05) is 12.1 Å². The van der Waals surface area contributed by atoms with Crippen molar-refractivity contribution >= 4 is 5.97 Å². The van der Waals surface area contributed by atoms with Crippen molar-refractivity contribution in [2.75, 3.05) is 13.2 Å². The summed E-state index contributed by atoms with van der Waals surface area (Å²) >= 11 is 0. The summed E-state index contributed by atoms with van der Waals surface area (Å²) in [6.07, 6.45) is 0. The fourth-order valence-electron chi connectivity index (χ4n) is 0.858. The van der Waals surface area contributed by atoms with Gasteiger partial charge >= 0.3 is 5.97 Å². The van der Waals surface area contributed by atoms with E-state index < -0.39 is 5.97 Å². The van der Waals surface area contributed by atoms with Crippen molar-refractivity contribution in [3.8, 4) is 5.75 Å². The zero-order valence-corrected chi connectivity index (χ0v) is 7.34. The quantitative estimate of drug-likeness (QED) is 0.413. The van der Waals surface area contributed by atoms with Crippen molar-refractivity contribution in [1.82, 2.24) is 0 Å². The number of carboxylic acids is 1. The predicted octanol–water partition coefficient (Wildman–Crippen LogP) is 0.688. The van der Waals surface area contributed by atoms with E-state index in [2.05, 4.69) is 4.89 Å². The average Bonchev–Trinajstić information content (AvgIpc) is 2.19. The van der Waals surface area contributed by atoms with Gasteiger partial charge in [0.15, 0.2) is 5.75 Å². The van der Waals surface area contributed by atoms with Crippen LogP contribution < -0.4 is 4.89 Å². The Kier molecular flexibility index (Phi) is 3.90. The van der Waals surface area contributed by atoms with Crippen LogP contribution in [0.15, 0.2) is 24.3 Å². The van der Waals surface area contributed by atoms with Crippen molar-refractivity contribution in [2.45, 2.75) is 0 Å². The fourth-order valence-corrected chi connectivity index (χ4v) is 0.858. The SMILES string of the molecule is O=C(O)c1ccccc1OOCCO. The Morgan fingerprint density at radius 3 is 2.71 bits per heavy atom. The Morgan fingerprint density at radius 1 is 1.36 bits per heavy atom. The third-order valence-electron chi connectivity index (χ3n) is 1.44. The van der Waals surface area contributed by atoms with Gasteiger partial charge in [0.05, 0.1) is 6.61 Å². The molecule has 0 spiro atoms. The van der Waals surface area contributed by atoms with E-state index in [9.17, 15) is 4.79 Å². The van der Waals surface area contributed by atoms with Gasteiger partial charge in [-0.3, -0.25) is 0 Å². The van der Waals surface area contributed by atoms with Crippen LogP contribution in [0.4, 0.5) is 0 Å². The molecular weight excluding hydrogens is 188 g/mol. The van der Waals surface area contributed by atoms with Crippen molar-refractivity contribution in [3.63, 3.8) is 0 Å². The lowest BCUT2D eigenvalue weighted by Crippen LogP contribution is -2.06. The Hall–Kier alpha value is -1.59. The average molecular weight is 198 g/mol. The second-order valence-electron chi connectivity index (χ2n) is 2.43. The second kappa shape index (κ2) is 5.21. The Morgan fingerprint density at radius 2 is 2.07 bits per heavy atom. The summed E-state index contributed by atoms with van der Waals surface area (Å²) in [4.78, 5) is 19.9. The highest BCUT2D eigenvalue weighted by Crippen LogP contribution is 2.17. The number of aliphatic hydroxyl groups excluding tert-OH is 1. The molecule has 0 amide bonds. The van der Waals surface area contributed by atoms with Gasteiger partial charge in [0.1, 0.15) is 12.2 Å². The van der Waals surface area contributed by atoms with E-state index in [0.29, 0.717) is 0 Å². The molecule has 0 aliphatic heterocycles. The fraction of sp³-hybridized carbons (Fsp3) is 0.222. The van der Waals surface area contributed by atoms with E-state index >= 15 is 0 Å². The molecule has 0 unspecified atom stereocenters. The van der Waals surface area contributed by atoms with Crippen molar-refractivity contribution in [2.24, 2.45) is 0 Å². The lowest BCUT2D eigenvalue weighted by atomic mass is 10.2. The lowest BCUT2D eigenvalue weighted by Gasteiger charge is -2.05. The Bertz CT molecular complexity index is 310. The summed E-state index contributed by atoms with van der Waals surface area (Å²) in [5.74, 6) is -0.971. The van der Waals surface area contributed by atoms with Gasteiger partial charge in [-0.15, -0.1) is 0 Å². The third-order valence-corrected chi connectivity index (χ3v) is 1.44. The zero-order chi connectivity index (χ0) is 10.4. The van der Waals surface area contributed by atoms with Crippen LogP contribution >= 0.6 is 0 Å². The molecule has 1 aromatic carbocycles. The molecule has 14 heavy (non-hydrogen) atoms. The highest BCUT2D eigenvalue weighted by atomic mass is 17.2.